The third-order valence-electron chi connectivity index (χ3n) is 5.65. The van der Waals surface area contributed by atoms with Gasteiger partial charge in [0.2, 0.25) is 11.7 Å². The van der Waals surface area contributed by atoms with Gasteiger partial charge in [0.15, 0.2) is 0 Å². The Hall–Kier alpha value is -4.05. The molecule has 2 amide bonds. The van der Waals surface area contributed by atoms with E-state index in [1.54, 1.807) is 27.8 Å². The van der Waals surface area contributed by atoms with Crippen LogP contribution in [0.5, 0.6) is 0 Å². The van der Waals surface area contributed by atoms with Gasteiger partial charge in [0.05, 0.1) is 19.4 Å². The quantitative estimate of drug-likeness (QED) is 0.513. The van der Waals surface area contributed by atoms with Gasteiger partial charge in [-0.3, -0.25) is 14.0 Å². The molecule has 4 heterocycles. The number of anilines is 1. The van der Waals surface area contributed by atoms with Gasteiger partial charge in [-0.15, -0.1) is 0 Å². The van der Waals surface area contributed by atoms with Crippen LogP contribution in [0.3, 0.4) is 0 Å². The zero-order chi connectivity index (χ0) is 22.9. The molecule has 4 aromatic rings. The maximum atomic E-state index is 12.9. The second-order valence-electron chi connectivity index (χ2n) is 7.82. The molecule has 1 N–H and O–H groups in total. The van der Waals surface area contributed by atoms with Crippen molar-refractivity contribution in [2.45, 2.75) is 19.9 Å². The number of benzene rings is 1. The Kier molecular flexibility index (Phi) is 5.35. The van der Waals surface area contributed by atoms with E-state index in [0.717, 1.165) is 5.56 Å². The Morgan fingerprint density at radius 2 is 2.09 bits per heavy atom. The molecule has 1 atom stereocenters. The number of fused-ring (bicyclic) bond motifs is 1. The summed E-state index contributed by atoms with van der Waals surface area (Å²) in [5.74, 6) is 0.330. The summed E-state index contributed by atoms with van der Waals surface area (Å²) in [5.41, 5.74) is 3.31. The predicted octanol–water partition coefficient (Wildman–Crippen LogP) is 2.86. The van der Waals surface area contributed by atoms with Crippen LogP contribution in [0.4, 0.5) is 5.69 Å². The van der Waals surface area contributed by atoms with Gasteiger partial charge < -0.3 is 19.5 Å². The first kappa shape index (κ1) is 20.8. The normalized spacial score (nSPS) is 16.2. The number of aromatic nitrogens is 4. The number of hydrogen-bond acceptors (Lipinski definition) is 7. The fourth-order valence-electron chi connectivity index (χ4n) is 3.86. The van der Waals surface area contributed by atoms with E-state index in [2.05, 4.69) is 20.4 Å². The molecule has 0 bridgehead atoms. The monoisotopic (exact) mass is 446 g/mol. The third-order valence-corrected chi connectivity index (χ3v) is 5.65. The minimum atomic E-state index is -0.419. The van der Waals surface area contributed by atoms with E-state index in [4.69, 9.17) is 9.26 Å². The molecule has 1 aromatic carbocycles. The second-order valence-corrected chi connectivity index (χ2v) is 7.82. The van der Waals surface area contributed by atoms with E-state index >= 15 is 0 Å². The molecular weight excluding hydrogens is 424 g/mol. The molecule has 1 saturated heterocycles. The lowest BCUT2D eigenvalue weighted by atomic mass is 10.1. The highest BCUT2D eigenvalue weighted by atomic mass is 16.5. The van der Waals surface area contributed by atoms with Gasteiger partial charge in [-0.05, 0) is 30.7 Å². The van der Waals surface area contributed by atoms with Gasteiger partial charge in [-0.2, -0.15) is 4.98 Å². The number of imidazole rings is 1. The average Bonchev–Trinajstić information content (AvgIpc) is 3.48. The predicted molar refractivity (Wildman–Crippen MR) is 119 cm³/mol. The first-order valence-corrected chi connectivity index (χ1v) is 10.5. The number of hydrogen-bond donors (Lipinski definition) is 1. The summed E-state index contributed by atoms with van der Waals surface area (Å²) in [7, 11) is 0. The lowest BCUT2D eigenvalue weighted by Crippen LogP contribution is -2.42. The fraction of sp³-hybridized carbons (Fsp3) is 0.261. The molecule has 0 unspecified atom stereocenters. The standard InChI is InChI=1S/C23H22N6O4/c1-14-6-7-16(21-26-23(33-27-21)19-13-32-10-9-28(19)15(2)30)11-17(14)25-22(31)18-12-24-20-5-3-4-8-29(18)20/h3-8,11-12,19H,9-10,13H2,1-2H3,(H,25,31)/t19-/m0/s1. The number of morpholine rings is 1. The first-order chi connectivity index (χ1) is 16.0. The van der Waals surface area contributed by atoms with E-state index in [1.807, 2.05) is 37.3 Å². The summed E-state index contributed by atoms with van der Waals surface area (Å²) in [6.07, 6.45) is 3.34. The zero-order valence-electron chi connectivity index (χ0n) is 18.2. The number of amides is 2. The molecular formula is C23H22N6O4. The summed E-state index contributed by atoms with van der Waals surface area (Å²) in [6, 6.07) is 10.7. The van der Waals surface area contributed by atoms with Crippen LogP contribution in [-0.4, -0.2) is 56.0 Å². The molecule has 0 saturated carbocycles. The second kappa shape index (κ2) is 8.47. The largest absolute Gasteiger partial charge is 0.377 e. The number of nitrogens with one attached hydrogen (secondary N) is 1. The van der Waals surface area contributed by atoms with Gasteiger partial charge in [0.1, 0.15) is 17.4 Å². The highest BCUT2D eigenvalue weighted by Crippen LogP contribution is 2.28. The number of carbonyl (C=O) groups is 2. The molecule has 10 nitrogen and oxygen atoms in total. The number of carbonyl (C=O) groups excluding carboxylic acids is 2. The Bertz CT molecular complexity index is 1340. The lowest BCUT2D eigenvalue weighted by molar-refractivity contribution is -0.138. The Balaban J connectivity index is 1.40. The molecule has 3 aromatic heterocycles. The molecule has 168 valence electrons. The summed E-state index contributed by atoms with van der Waals surface area (Å²) < 4.78 is 12.7. The van der Waals surface area contributed by atoms with Crippen LogP contribution in [0.1, 0.15) is 34.9 Å². The molecule has 1 fully saturated rings. The van der Waals surface area contributed by atoms with Crippen molar-refractivity contribution in [1.82, 2.24) is 24.4 Å². The van der Waals surface area contributed by atoms with Crippen LogP contribution in [0.15, 0.2) is 53.3 Å². The molecule has 1 aliphatic heterocycles. The summed E-state index contributed by atoms with van der Waals surface area (Å²) in [4.78, 5) is 35.3. The Morgan fingerprint density at radius 3 is 2.94 bits per heavy atom. The van der Waals surface area contributed by atoms with Crippen LogP contribution >= 0.6 is 0 Å². The highest BCUT2D eigenvalue weighted by molar-refractivity contribution is 6.04. The van der Waals surface area contributed by atoms with E-state index < -0.39 is 6.04 Å². The molecule has 10 heteroatoms. The van der Waals surface area contributed by atoms with Crippen molar-refractivity contribution in [3.05, 3.63) is 65.9 Å². The van der Waals surface area contributed by atoms with Crippen molar-refractivity contribution in [1.29, 1.82) is 0 Å². The third kappa shape index (κ3) is 3.96. The fourth-order valence-corrected chi connectivity index (χ4v) is 3.86. The van der Waals surface area contributed by atoms with E-state index in [0.29, 0.717) is 54.1 Å². The van der Waals surface area contributed by atoms with Gasteiger partial charge in [0, 0.05) is 30.9 Å². The molecule has 0 radical (unpaired) electrons. The summed E-state index contributed by atoms with van der Waals surface area (Å²) in [6.45, 7) is 4.66. The van der Waals surface area contributed by atoms with Crippen molar-refractivity contribution >= 4 is 23.1 Å². The van der Waals surface area contributed by atoms with Crippen LogP contribution in [0, 0.1) is 6.92 Å². The van der Waals surface area contributed by atoms with Crippen LogP contribution in [0.2, 0.25) is 0 Å². The smallest absolute Gasteiger partial charge is 0.274 e. The van der Waals surface area contributed by atoms with E-state index in [-0.39, 0.29) is 11.8 Å². The van der Waals surface area contributed by atoms with Crippen LogP contribution in [0.25, 0.3) is 17.0 Å². The van der Waals surface area contributed by atoms with E-state index in [9.17, 15) is 9.59 Å². The Labute approximate surface area is 189 Å². The minimum absolute atomic E-state index is 0.0734. The summed E-state index contributed by atoms with van der Waals surface area (Å²) in [5, 5.41) is 7.04. The van der Waals surface area contributed by atoms with Crippen molar-refractivity contribution < 1.29 is 18.8 Å². The van der Waals surface area contributed by atoms with Gasteiger partial charge in [-0.1, -0.05) is 23.4 Å². The van der Waals surface area contributed by atoms with Crippen molar-refractivity contribution in [2.75, 3.05) is 25.1 Å². The molecule has 0 spiro atoms. The number of pyridine rings is 1. The van der Waals surface area contributed by atoms with Gasteiger partial charge in [0.25, 0.3) is 11.8 Å². The van der Waals surface area contributed by atoms with Crippen LogP contribution < -0.4 is 5.32 Å². The maximum Gasteiger partial charge on any atom is 0.274 e. The Morgan fingerprint density at radius 1 is 1.21 bits per heavy atom. The number of nitrogens with zero attached hydrogens (tertiary/aromatic N) is 5. The lowest BCUT2D eigenvalue weighted by Gasteiger charge is -2.32. The number of rotatable bonds is 4. The molecule has 0 aliphatic carbocycles. The zero-order valence-corrected chi connectivity index (χ0v) is 18.2. The summed E-state index contributed by atoms with van der Waals surface area (Å²) >= 11 is 0. The van der Waals surface area contributed by atoms with E-state index in [1.165, 1.54) is 6.92 Å². The van der Waals surface area contributed by atoms with Gasteiger partial charge >= 0.3 is 0 Å². The highest BCUT2D eigenvalue weighted by Gasteiger charge is 2.31. The molecule has 5 rings (SSSR count). The van der Waals surface area contributed by atoms with Crippen molar-refractivity contribution in [3.8, 4) is 11.4 Å². The number of ether oxygens (including phenoxy) is 1. The van der Waals surface area contributed by atoms with Crippen LogP contribution in [-0.2, 0) is 9.53 Å². The average molecular weight is 446 g/mol. The first-order valence-electron chi connectivity index (χ1n) is 10.5. The minimum Gasteiger partial charge on any atom is -0.377 e. The topological polar surface area (TPSA) is 115 Å². The van der Waals surface area contributed by atoms with Gasteiger partial charge in [-0.25, -0.2) is 4.98 Å². The number of aryl methyl sites for hydroxylation is 1. The maximum absolute atomic E-state index is 12.9. The van der Waals surface area contributed by atoms with Crippen molar-refractivity contribution in [3.63, 3.8) is 0 Å². The molecule has 1 aliphatic rings. The SMILES string of the molecule is CC(=O)N1CCOC[C@H]1c1nc(-c2ccc(C)c(NC(=O)c3cnc4ccccn34)c2)no1. The van der Waals surface area contributed by atoms with Crippen molar-refractivity contribution in [2.24, 2.45) is 0 Å². The molecule has 33 heavy (non-hydrogen) atoms.